The first-order chi connectivity index (χ1) is 12.9. The second kappa shape index (κ2) is 12.5. The Kier molecular flexibility index (Phi) is 10.2. The topological polar surface area (TPSA) is 99.1 Å². The van der Waals surface area contributed by atoms with Crippen molar-refractivity contribution in [1.29, 1.82) is 0 Å². The molecule has 0 fully saturated rings. The summed E-state index contributed by atoms with van der Waals surface area (Å²) < 4.78 is 5.84. The second-order valence-corrected chi connectivity index (χ2v) is 6.01. The largest absolute Gasteiger partial charge is 0.489 e. The maximum absolute atomic E-state index is 9.10. The number of ether oxygens (including phenoxy) is 1. The Morgan fingerprint density at radius 2 is 1.59 bits per heavy atom. The van der Waals surface area contributed by atoms with Crippen LogP contribution in [-0.2, 0) is 22.7 Å². The van der Waals surface area contributed by atoms with Crippen molar-refractivity contribution in [3.63, 3.8) is 0 Å². The molecule has 146 valence electrons. The first kappa shape index (κ1) is 22.1. The number of carbonyl (C=O) groups is 2. The Labute approximate surface area is 159 Å². The summed E-state index contributed by atoms with van der Waals surface area (Å²) in [5.74, 6) is -2.73. The first-order valence-corrected chi connectivity index (χ1v) is 8.46. The van der Waals surface area contributed by atoms with Crippen LogP contribution in [-0.4, -0.2) is 54.2 Å². The van der Waals surface area contributed by atoms with Gasteiger partial charge in [0.05, 0.1) is 0 Å². The van der Waals surface area contributed by atoms with E-state index in [-0.39, 0.29) is 0 Å². The number of nitrogens with zero attached hydrogens (tertiary/aromatic N) is 1. The van der Waals surface area contributed by atoms with Gasteiger partial charge < -0.3 is 25.2 Å². The molecule has 2 aromatic carbocycles. The lowest BCUT2D eigenvalue weighted by atomic mass is 10.2. The molecule has 2 rings (SSSR count). The van der Waals surface area contributed by atoms with Gasteiger partial charge in [-0.1, -0.05) is 42.5 Å². The van der Waals surface area contributed by atoms with Crippen molar-refractivity contribution in [2.24, 2.45) is 0 Å². The smallest absolute Gasteiger partial charge is 0.414 e. The van der Waals surface area contributed by atoms with Crippen LogP contribution in [0.2, 0.25) is 0 Å². The van der Waals surface area contributed by atoms with Crippen molar-refractivity contribution in [1.82, 2.24) is 10.2 Å². The highest BCUT2D eigenvalue weighted by Crippen LogP contribution is 2.15. The summed E-state index contributed by atoms with van der Waals surface area (Å²) in [6.45, 7) is 3.51. The van der Waals surface area contributed by atoms with Crippen molar-refractivity contribution in [2.45, 2.75) is 13.2 Å². The number of benzene rings is 2. The van der Waals surface area contributed by atoms with Crippen LogP contribution in [0.1, 0.15) is 11.1 Å². The monoisotopic (exact) mass is 374 g/mol. The highest BCUT2D eigenvalue weighted by molar-refractivity contribution is 6.27. The van der Waals surface area contributed by atoms with Crippen LogP contribution in [0.5, 0.6) is 5.75 Å². The predicted octanol–water partition coefficient (Wildman–Crippen LogP) is 2.07. The van der Waals surface area contributed by atoms with E-state index in [0.717, 1.165) is 25.4 Å². The minimum Gasteiger partial charge on any atom is -0.489 e. The lowest BCUT2D eigenvalue weighted by molar-refractivity contribution is -0.159. The van der Waals surface area contributed by atoms with Crippen LogP contribution in [0.4, 0.5) is 0 Å². The average molecular weight is 374 g/mol. The van der Waals surface area contributed by atoms with Gasteiger partial charge in [0.25, 0.3) is 0 Å². The van der Waals surface area contributed by atoms with E-state index < -0.39 is 11.9 Å². The fourth-order valence-corrected chi connectivity index (χ4v) is 2.02. The summed E-state index contributed by atoms with van der Waals surface area (Å²) in [4.78, 5) is 20.4. The minimum atomic E-state index is -1.82. The van der Waals surface area contributed by atoms with E-state index in [4.69, 9.17) is 24.5 Å². The molecule has 3 N–H and O–H groups in total. The van der Waals surface area contributed by atoms with Gasteiger partial charge in [-0.05, 0) is 37.4 Å². The Balaban J connectivity index is 0.000000527. The van der Waals surface area contributed by atoms with Gasteiger partial charge in [0, 0.05) is 19.6 Å². The fourth-order valence-electron chi connectivity index (χ4n) is 2.02. The van der Waals surface area contributed by atoms with Crippen LogP contribution in [0.25, 0.3) is 0 Å². The Morgan fingerprint density at radius 3 is 2.19 bits per heavy atom. The van der Waals surface area contributed by atoms with Gasteiger partial charge in [-0.2, -0.15) is 0 Å². The molecule has 0 spiro atoms. The summed E-state index contributed by atoms with van der Waals surface area (Å²) in [7, 11) is 4.17. The molecule has 7 nitrogen and oxygen atoms in total. The van der Waals surface area contributed by atoms with Gasteiger partial charge in [0.15, 0.2) is 0 Å². The van der Waals surface area contributed by atoms with Crippen LogP contribution in [0, 0.1) is 0 Å². The standard InChI is InChI=1S/C18H24N2O.C2H2O4/c1-20(2)12-11-19-14-17-9-6-10-18(13-17)21-15-16-7-4-3-5-8-16;3-1(4)2(5)6/h3-10,13,19H,11-12,14-15H2,1-2H3;(H,3,4)(H,5,6). The van der Waals surface area contributed by atoms with Gasteiger partial charge in [-0.3, -0.25) is 0 Å². The van der Waals surface area contributed by atoms with Crippen LogP contribution in [0.15, 0.2) is 54.6 Å². The van der Waals surface area contributed by atoms with E-state index in [2.05, 4.69) is 48.6 Å². The zero-order valence-electron chi connectivity index (χ0n) is 15.6. The molecule has 0 heterocycles. The molecule has 0 bridgehead atoms. The van der Waals surface area contributed by atoms with E-state index in [1.165, 1.54) is 11.1 Å². The molecule has 0 aliphatic rings. The SMILES string of the molecule is CN(C)CCNCc1cccc(OCc2ccccc2)c1.O=C(O)C(=O)O. The average Bonchev–Trinajstić information content (AvgIpc) is 2.65. The Morgan fingerprint density at radius 1 is 0.963 bits per heavy atom. The molecule has 0 aliphatic carbocycles. The molecule has 0 aromatic heterocycles. The first-order valence-electron chi connectivity index (χ1n) is 8.46. The third-order valence-corrected chi connectivity index (χ3v) is 3.39. The number of hydrogen-bond acceptors (Lipinski definition) is 5. The molecule has 0 saturated carbocycles. The molecule has 0 atom stereocenters. The summed E-state index contributed by atoms with van der Waals surface area (Å²) >= 11 is 0. The van der Waals surface area contributed by atoms with Gasteiger partial charge in [-0.15, -0.1) is 0 Å². The predicted molar refractivity (Wildman–Crippen MR) is 103 cm³/mol. The third kappa shape index (κ3) is 10.6. The van der Waals surface area contributed by atoms with Gasteiger partial charge in [0.2, 0.25) is 0 Å². The molecule has 0 unspecified atom stereocenters. The second-order valence-electron chi connectivity index (χ2n) is 6.01. The highest BCUT2D eigenvalue weighted by Gasteiger charge is 2.04. The quantitative estimate of drug-likeness (QED) is 0.480. The van der Waals surface area contributed by atoms with Crippen molar-refractivity contribution >= 4 is 11.9 Å². The molecule has 2 aromatic rings. The Hall–Kier alpha value is -2.90. The van der Waals surface area contributed by atoms with Crippen molar-refractivity contribution in [3.05, 3.63) is 65.7 Å². The van der Waals surface area contributed by atoms with E-state index in [0.29, 0.717) is 6.61 Å². The number of likely N-dealkylation sites (N-methyl/N-ethyl adjacent to an activating group) is 1. The Bertz CT molecular complexity index is 693. The number of carboxylic acid groups (broad SMARTS) is 2. The maximum Gasteiger partial charge on any atom is 0.414 e. The van der Waals surface area contributed by atoms with E-state index in [1.54, 1.807) is 0 Å². The van der Waals surface area contributed by atoms with Crippen molar-refractivity contribution < 1.29 is 24.5 Å². The molecule has 0 amide bonds. The molecule has 7 heteroatoms. The van der Waals surface area contributed by atoms with Crippen molar-refractivity contribution in [3.8, 4) is 5.75 Å². The van der Waals surface area contributed by atoms with Gasteiger partial charge >= 0.3 is 11.9 Å². The molecular formula is C20H26N2O5. The van der Waals surface area contributed by atoms with Crippen LogP contribution in [0.3, 0.4) is 0 Å². The molecule has 0 aliphatic heterocycles. The van der Waals surface area contributed by atoms with Gasteiger partial charge in [0.1, 0.15) is 12.4 Å². The zero-order valence-corrected chi connectivity index (χ0v) is 15.6. The van der Waals surface area contributed by atoms with Crippen LogP contribution >= 0.6 is 0 Å². The number of nitrogens with one attached hydrogen (secondary N) is 1. The minimum absolute atomic E-state index is 0.609. The summed E-state index contributed by atoms with van der Waals surface area (Å²) in [6.07, 6.45) is 0. The van der Waals surface area contributed by atoms with E-state index >= 15 is 0 Å². The zero-order chi connectivity index (χ0) is 20.1. The maximum atomic E-state index is 9.10. The van der Waals surface area contributed by atoms with Crippen LogP contribution < -0.4 is 10.1 Å². The molecule has 0 radical (unpaired) electrons. The molecular weight excluding hydrogens is 348 g/mol. The fraction of sp³-hybridized carbons (Fsp3) is 0.300. The van der Waals surface area contributed by atoms with Gasteiger partial charge in [-0.25, -0.2) is 9.59 Å². The normalized spacial score (nSPS) is 10.0. The summed E-state index contributed by atoms with van der Waals surface area (Å²) in [6, 6.07) is 18.5. The lowest BCUT2D eigenvalue weighted by Gasteiger charge is -2.11. The third-order valence-electron chi connectivity index (χ3n) is 3.39. The highest BCUT2D eigenvalue weighted by atomic mass is 16.5. The number of carboxylic acids is 2. The van der Waals surface area contributed by atoms with E-state index in [1.807, 2.05) is 30.3 Å². The van der Waals surface area contributed by atoms with Crippen molar-refractivity contribution in [2.75, 3.05) is 27.2 Å². The summed E-state index contributed by atoms with van der Waals surface area (Å²) in [5.41, 5.74) is 2.44. The number of rotatable bonds is 8. The lowest BCUT2D eigenvalue weighted by Crippen LogP contribution is -2.26. The summed E-state index contributed by atoms with van der Waals surface area (Å²) in [5, 5.41) is 18.2. The number of aliphatic carboxylic acids is 2. The van der Waals surface area contributed by atoms with E-state index in [9.17, 15) is 0 Å². The number of hydrogen-bond donors (Lipinski definition) is 3. The molecule has 27 heavy (non-hydrogen) atoms. The molecule has 0 saturated heterocycles.